The fourth-order valence-electron chi connectivity index (χ4n) is 4.25. The van der Waals surface area contributed by atoms with Crippen molar-refractivity contribution < 1.29 is 17.5 Å². The first-order valence-corrected chi connectivity index (χ1v) is 10.4. The molecular formula is C20H26NO3S+. The van der Waals surface area contributed by atoms with Gasteiger partial charge in [0.05, 0.1) is 17.1 Å². The van der Waals surface area contributed by atoms with Crippen LogP contribution in [0.2, 0.25) is 0 Å². The monoisotopic (exact) mass is 360 g/mol. The highest BCUT2D eigenvalue weighted by molar-refractivity contribution is 7.85. The van der Waals surface area contributed by atoms with Crippen LogP contribution in [0.4, 0.5) is 5.69 Å². The molecule has 0 amide bonds. The molecule has 0 radical (unpaired) electrons. The number of benzene rings is 1. The number of para-hydroxylation sites is 1. The summed E-state index contributed by atoms with van der Waals surface area (Å²) in [4.78, 5) is 0. The standard InChI is InChI=1S/C20H25NO3S/c1-16-20(2,14-8-9-15-25(22,23)24)18-12-6-7-13-19(18)21(16)17-10-4-3-5-11-17/h3-7,10-13,18-19H,8-9,14-15H2,1-2H3/p+1. The molecule has 0 saturated carbocycles. The third-order valence-electron chi connectivity index (χ3n) is 5.71. The summed E-state index contributed by atoms with van der Waals surface area (Å²) in [6.45, 7) is 4.47. The van der Waals surface area contributed by atoms with Crippen molar-refractivity contribution in [2.75, 3.05) is 5.75 Å². The lowest BCUT2D eigenvalue weighted by molar-refractivity contribution is -0.467. The first-order valence-electron chi connectivity index (χ1n) is 8.81. The van der Waals surface area contributed by atoms with Crippen LogP contribution in [-0.2, 0) is 10.1 Å². The van der Waals surface area contributed by atoms with Gasteiger partial charge < -0.3 is 0 Å². The minimum absolute atomic E-state index is 0.0268. The molecule has 0 bridgehead atoms. The van der Waals surface area contributed by atoms with Crippen LogP contribution in [0, 0.1) is 11.3 Å². The van der Waals surface area contributed by atoms with Crippen LogP contribution in [0.5, 0.6) is 0 Å². The number of unbranched alkanes of at least 4 members (excludes halogenated alkanes) is 1. The zero-order chi connectivity index (χ0) is 18.1. The molecule has 3 unspecified atom stereocenters. The second-order valence-electron chi connectivity index (χ2n) is 7.24. The van der Waals surface area contributed by atoms with Crippen LogP contribution in [0.3, 0.4) is 0 Å². The molecule has 1 aliphatic carbocycles. The molecule has 25 heavy (non-hydrogen) atoms. The normalized spacial score (nSPS) is 28.4. The number of hydrogen-bond donors (Lipinski definition) is 1. The highest BCUT2D eigenvalue weighted by Gasteiger charge is 2.54. The summed E-state index contributed by atoms with van der Waals surface area (Å²) in [5.41, 5.74) is 2.48. The van der Waals surface area contributed by atoms with E-state index in [2.05, 4.69) is 67.0 Å². The Balaban J connectivity index is 1.88. The summed E-state index contributed by atoms with van der Waals surface area (Å²) in [6.07, 6.45) is 10.9. The van der Waals surface area contributed by atoms with Gasteiger partial charge in [0.1, 0.15) is 0 Å². The van der Waals surface area contributed by atoms with E-state index in [-0.39, 0.29) is 11.2 Å². The van der Waals surface area contributed by atoms with Crippen LogP contribution in [0.15, 0.2) is 54.6 Å². The van der Waals surface area contributed by atoms with E-state index in [1.165, 1.54) is 11.4 Å². The van der Waals surface area contributed by atoms with Crippen LogP contribution in [-0.4, -0.2) is 35.1 Å². The van der Waals surface area contributed by atoms with E-state index in [1.807, 2.05) is 6.07 Å². The predicted octanol–water partition coefficient (Wildman–Crippen LogP) is 3.98. The summed E-state index contributed by atoms with van der Waals surface area (Å²) in [6, 6.07) is 10.7. The van der Waals surface area contributed by atoms with Crippen molar-refractivity contribution in [2.24, 2.45) is 11.3 Å². The van der Waals surface area contributed by atoms with Crippen molar-refractivity contribution in [2.45, 2.75) is 39.2 Å². The van der Waals surface area contributed by atoms with Crippen molar-refractivity contribution >= 4 is 21.5 Å². The van der Waals surface area contributed by atoms with Gasteiger partial charge in [-0.3, -0.25) is 4.55 Å². The average Bonchev–Trinajstić information content (AvgIpc) is 2.80. The molecule has 0 fully saturated rings. The minimum atomic E-state index is -3.87. The molecular weight excluding hydrogens is 334 g/mol. The van der Waals surface area contributed by atoms with Crippen molar-refractivity contribution in [1.29, 1.82) is 0 Å². The van der Waals surface area contributed by atoms with Gasteiger partial charge >= 0.3 is 0 Å². The Morgan fingerprint density at radius 1 is 1.12 bits per heavy atom. The van der Waals surface area contributed by atoms with Crippen molar-refractivity contribution in [3.8, 4) is 0 Å². The predicted molar refractivity (Wildman–Crippen MR) is 101 cm³/mol. The lowest BCUT2D eigenvalue weighted by Crippen LogP contribution is -2.33. The van der Waals surface area contributed by atoms with Gasteiger partial charge in [0, 0.05) is 19.1 Å². The van der Waals surface area contributed by atoms with Crippen LogP contribution in [0.1, 0.15) is 33.1 Å². The molecule has 1 aromatic carbocycles. The lowest BCUT2D eigenvalue weighted by atomic mass is 9.69. The Morgan fingerprint density at radius 3 is 2.48 bits per heavy atom. The Hall–Kier alpha value is -1.72. The highest BCUT2D eigenvalue weighted by atomic mass is 32.2. The topological polar surface area (TPSA) is 57.4 Å². The first kappa shape index (κ1) is 18.1. The molecule has 1 heterocycles. The molecule has 134 valence electrons. The van der Waals surface area contributed by atoms with Gasteiger partial charge in [-0.05, 0) is 25.8 Å². The maximum absolute atomic E-state index is 11.0. The molecule has 2 aliphatic rings. The summed E-state index contributed by atoms with van der Waals surface area (Å²) >= 11 is 0. The third kappa shape index (κ3) is 3.62. The van der Waals surface area contributed by atoms with Gasteiger partial charge in [0.2, 0.25) is 5.69 Å². The number of fused-ring (bicyclic) bond motifs is 1. The molecule has 3 rings (SSSR count). The van der Waals surface area contributed by atoms with Crippen LogP contribution in [0.25, 0.3) is 0 Å². The maximum Gasteiger partial charge on any atom is 0.264 e. The molecule has 0 aromatic heterocycles. The molecule has 3 atom stereocenters. The molecule has 4 nitrogen and oxygen atoms in total. The second kappa shape index (κ2) is 6.89. The Morgan fingerprint density at radius 2 is 1.80 bits per heavy atom. The largest absolute Gasteiger partial charge is 0.286 e. The van der Waals surface area contributed by atoms with Crippen LogP contribution < -0.4 is 0 Å². The fourth-order valence-corrected chi connectivity index (χ4v) is 4.82. The minimum Gasteiger partial charge on any atom is -0.286 e. The quantitative estimate of drug-likeness (QED) is 0.474. The molecule has 1 aromatic rings. The molecule has 0 spiro atoms. The first-order chi connectivity index (χ1) is 11.8. The van der Waals surface area contributed by atoms with E-state index in [4.69, 9.17) is 4.55 Å². The molecule has 5 heteroatoms. The molecule has 1 N–H and O–H groups in total. The van der Waals surface area contributed by atoms with Gasteiger partial charge in [-0.1, -0.05) is 42.8 Å². The number of rotatable bonds is 6. The van der Waals surface area contributed by atoms with Gasteiger partial charge in [-0.2, -0.15) is 13.0 Å². The van der Waals surface area contributed by atoms with Crippen molar-refractivity contribution in [1.82, 2.24) is 0 Å². The molecule has 0 saturated heterocycles. The Labute approximate surface area is 150 Å². The van der Waals surface area contributed by atoms with E-state index in [1.54, 1.807) is 0 Å². The number of nitrogens with zero attached hydrogens (tertiary/aromatic N) is 1. The number of allylic oxidation sites excluding steroid dienone is 2. The van der Waals surface area contributed by atoms with E-state index in [9.17, 15) is 8.42 Å². The average molecular weight is 360 g/mol. The van der Waals surface area contributed by atoms with Gasteiger partial charge in [-0.15, -0.1) is 0 Å². The maximum atomic E-state index is 11.0. The van der Waals surface area contributed by atoms with Crippen molar-refractivity contribution in [3.05, 3.63) is 54.6 Å². The van der Waals surface area contributed by atoms with Gasteiger partial charge in [-0.25, -0.2) is 0 Å². The third-order valence-corrected chi connectivity index (χ3v) is 6.51. The smallest absolute Gasteiger partial charge is 0.264 e. The summed E-state index contributed by atoms with van der Waals surface area (Å²) in [5.74, 6) is 0.206. The molecule has 1 aliphatic heterocycles. The van der Waals surface area contributed by atoms with E-state index >= 15 is 0 Å². The van der Waals surface area contributed by atoms with Crippen LogP contribution >= 0.6 is 0 Å². The van der Waals surface area contributed by atoms with Crippen molar-refractivity contribution in [3.63, 3.8) is 0 Å². The van der Waals surface area contributed by atoms with Gasteiger partial charge in [0.25, 0.3) is 10.1 Å². The highest BCUT2D eigenvalue weighted by Crippen LogP contribution is 2.47. The van der Waals surface area contributed by atoms with E-state index in [0.29, 0.717) is 18.4 Å². The Bertz CT molecular complexity index is 824. The zero-order valence-electron chi connectivity index (χ0n) is 14.8. The fraction of sp³-hybridized carbons (Fsp3) is 0.450. The van der Waals surface area contributed by atoms with Gasteiger partial charge in [0.15, 0.2) is 11.8 Å². The Kier molecular flexibility index (Phi) is 4.98. The second-order valence-corrected chi connectivity index (χ2v) is 8.81. The van der Waals surface area contributed by atoms with E-state index in [0.717, 1.165) is 12.8 Å². The summed E-state index contributed by atoms with van der Waals surface area (Å²) < 4.78 is 33.3. The SMILES string of the molecule is CC1=[N+](c2ccccc2)C2C=CC=CC2C1(C)CCCCS(=O)(=O)O. The summed E-state index contributed by atoms with van der Waals surface area (Å²) in [5, 5.41) is 0. The summed E-state index contributed by atoms with van der Waals surface area (Å²) in [7, 11) is -3.87. The van der Waals surface area contributed by atoms with E-state index < -0.39 is 10.1 Å². The number of hydrogen-bond acceptors (Lipinski definition) is 2. The lowest BCUT2D eigenvalue weighted by Gasteiger charge is -2.28. The zero-order valence-corrected chi connectivity index (χ0v) is 15.6.